The number of halogens is 3. The number of carbonyl (C=O) groups is 6. The van der Waals surface area contributed by atoms with Crippen LogP contribution in [0.1, 0.15) is 73.6 Å². The number of aliphatic carboxylic acids is 1. The summed E-state index contributed by atoms with van der Waals surface area (Å²) in [6, 6.07) is 17.0. The highest BCUT2D eigenvalue weighted by molar-refractivity contribution is 7.90. The molecule has 6 aromatic rings. The van der Waals surface area contributed by atoms with E-state index in [-0.39, 0.29) is 68.6 Å². The number of nitrogens with zero attached hydrogens (tertiary/aromatic N) is 7. The standard InChI is InChI=1S/C59H66F3N11O10S2/c1-34-54(84-33-66-34)37-7-5-35(6-8-37)25-65-57(79)47-24-42(83-50(77)16-15-49(75)76)31-73(47)58(80)55(59(2,3)4)67-48(74)32-69-29-41(30-69)71-21-19-70(20-22-71)40-11-9-36(10-12-40)38-23-43-44(27-64-56(43)63-26-38)53(78)51-45(61)13-14-46(52(51)62)68-85(81,82)72-18-17-39(60)28-72/h5-14,23,26-27,33,39,41-42,47,55,68H,15-22,24-25,28-32H2,1-4H3,(H,63,64)(H,65,79)(H,67,74)(H,75,76)/t39-,42-,47+,55?/m1/s1. The first kappa shape index (κ1) is 60.3. The summed E-state index contributed by atoms with van der Waals surface area (Å²) >= 11 is 1.53. The summed E-state index contributed by atoms with van der Waals surface area (Å²) in [5.74, 6) is -6.90. The van der Waals surface area contributed by atoms with Crippen molar-refractivity contribution in [3.63, 3.8) is 0 Å². The van der Waals surface area contributed by atoms with Crippen molar-refractivity contribution >= 4 is 79.4 Å². The number of hydrogen-bond acceptors (Lipinski definition) is 15. The van der Waals surface area contributed by atoms with Gasteiger partial charge < -0.3 is 35.3 Å². The fraction of sp³-hybridized carbons (Fsp3) is 0.424. The highest BCUT2D eigenvalue weighted by Gasteiger charge is 2.47. The molecule has 4 aliphatic heterocycles. The number of ether oxygens (including phenoxy) is 1. The minimum absolute atomic E-state index is 0.0156. The molecular weight excluding hydrogens is 1140 g/mol. The summed E-state index contributed by atoms with van der Waals surface area (Å²) in [6.45, 7) is 11.2. The van der Waals surface area contributed by atoms with Crippen LogP contribution in [0.15, 0.2) is 84.6 Å². The number of thiazole rings is 1. The van der Waals surface area contributed by atoms with Gasteiger partial charge in [0.2, 0.25) is 23.5 Å². The summed E-state index contributed by atoms with van der Waals surface area (Å²) in [4.78, 5) is 101. The van der Waals surface area contributed by atoms with E-state index in [4.69, 9.17) is 9.84 Å². The molecule has 7 heterocycles. The average Bonchev–Trinajstić information content (AvgIpc) is 2.27. The monoisotopic (exact) mass is 1210 g/mol. The van der Waals surface area contributed by atoms with Crippen LogP contribution in [0.2, 0.25) is 0 Å². The van der Waals surface area contributed by atoms with Crippen LogP contribution in [-0.2, 0) is 45.5 Å². The number of ketones is 1. The van der Waals surface area contributed by atoms with Gasteiger partial charge in [-0.2, -0.15) is 12.7 Å². The molecule has 4 saturated heterocycles. The summed E-state index contributed by atoms with van der Waals surface area (Å²) in [5, 5.41) is 15.3. The molecule has 21 nitrogen and oxygen atoms in total. The lowest BCUT2D eigenvalue weighted by atomic mass is 9.85. The van der Waals surface area contributed by atoms with Gasteiger partial charge >= 0.3 is 22.1 Å². The summed E-state index contributed by atoms with van der Waals surface area (Å²) < 4.78 is 79.1. The second-order valence-electron chi connectivity index (χ2n) is 23.0. The Hall–Kier alpha value is -7.78. The van der Waals surface area contributed by atoms with Crippen LogP contribution in [0.5, 0.6) is 0 Å². The summed E-state index contributed by atoms with van der Waals surface area (Å²) in [6.07, 6.45) is -0.190. The van der Waals surface area contributed by atoms with Crippen molar-refractivity contribution in [2.45, 2.75) is 90.3 Å². The first-order valence-corrected chi connectivity index (χ1v) is 30.3. The third-order valence-electron chi connectivity index (χ3n) is 16.0. The number of H-pyrrole nitrogens is 1. The molecule has 4 atom stereocenters. The number of aryl methyl sites for hydroxylation is 1. The number of hydrogen-bond donors (Lipinski definition) is 5. The molecule has 450 valence electrons. The molecular formula is C59H66F3N11O10S2. The topological polar surface area (TPSA) is 260 Å². The molecule has 5 N–H and O–H groups in total. The lowest BCUT2D eigenvalue weighted by Gasteiger charge is -2.48. The van der Waals surface area contributed by atoms with Crippen LogP contribution >= 0.6 is 11.3 Å². The van der Waals surface area contributed by atoms with E-state index in [0.29, 0.717) is 24.0 Å². The van der Waals surface area contributed by atoms with Crippen LogP contribution in [0.3, 0.4) is 0 Å². The van der Waals surface area contributed by atoms with E-state index >= 15 is 8.78 Å². The molecule has 3 amide bonds. The van der Waals surface area contributed by atoms with E-state index in [1.54, 1.807) is 17.8 Å². The number of esters is 1. The molecule has 4 fully saturated rings. The number of piperazine rings is 1. The van der Waals surface area contributed by atoms with Crippen LogP contribution in [0, 0.1) is 24.0 Å². The minimum Gasteiger partial charge on any atom is -0.481 e. The molecule has 0 aliphatic carbocycles. The van der Waals surface area contributed by atoms with Crippen molar-refractivity contribution in [3.05, 3.63) is 119 Å². The van der Waals surface area contributed by atoms with E-state index in [1.165, 1.54) is 22.4 Å². The fourth-order valence-corrected chi connectivity index (χ4v) is 13.3. The highest BCUT2D eigenvalue weighted by atomic mass is 32.2. The lowest BCUT2D eigenvalue weighted by molar-refractivity contribution is -0.152. The van der Waals surface area contributed by atoms with Gasteiger partial charge in [0.1, 0.15) is 35.8 Å². The van der Waals surface area contributed by atoms with Crippen LogP contribution in [0.25, 0.3) is 32.6 Å². The fourth-order valence-electron chi connectivity index (χ4n) is 11.3. The predicted molar refractivity (Wildman–Crippen MR) is 311 cm³/mol. The zero-order valence-corrected chi connectivity index (χ0v) is 48.9. The van der Waals surface area contributed by atoms with Crippen molar-refractivity contribution in [2.24, 2.45) is 5.41 Å². The number of rotatable bonds is 20. The van der Waals surface area contributed by atoms with Gasteiger partial charge in [-0.15, -0.1) is 11.3 Å². The lowest BCUT2D eigenvalue weighted by Crippen LogP contribution is -2.65. The molecule has 3 aromatic heterocycles. The van der Waals surface area contributed by atoms with Gasteiger partial charge in [0.15, 0.2) is 5.82 Å². The van der Waals surface area contributed by atoms with Crippen molar-refractivity contribution in [2.75, 3.05) is 75.1 Å². The number of fused-ring (bicyclic) bond motifs is 1. The SMILES string of the molecule is Cc1ncsc1-c1ccc(CNC(=O)[C@@H]2C[C@@H](OC(=O)CCC(=O)O)CN2C(=O)C(NC(=O)CN2CC(N3CCN(c4ccc(-c5cnc6[nH]cc(C(=O)c7c(F)ccc(NS(=O)(=O)N8CC[C@@H](F)C8)c7F)c6c5)cc4)CC3)C2)C(C)(C)C)cc1. The van der Waals surface area contributed by atoms with E-state index in [1.807, 2.05) is 85.8 Å². The quantitative estimate of drug-likeness (QED) is 0.0440. The van der Waals surface area contributed by atoms with E-state index < -0.39 is 105 Å². The first-order chi connectivity index (χ1) is 40.5. The summed E-state index contributed by atoms with van der Waals surface area (Å²) in [5.41, 5.74) is 4.68. The first-order valence-electron chi connectivity index (χ1n) is 28.0. The Balaban J connectivity index is 0.716. The Kier molecular flexibility index (Phi) is 17.8. The number of likely N-dealkylation sites (tertiary alicyclic amines) is 2. The average molecular weight is 1210 g/mol. The second kappa shape index (κ2) is 25.0. The van der Waals surface area contributed by atoms with Gasteiger partial charge in [-0.3, -0.25) is 43.3 Å². The Labute approximate surface area is 493 Å². The number of aromatic nitrogens is 3. The molecule has 0 spiro atoms. The van der Waals surface area contributed by atoms with Crippen molar-refractivity contribution in [3.8, 4) is 21.6 Å². The van der Waals surface area contributed by atoms with Crippen molar-refractivity contribution in [1.82, 2.24) is 44.6 Å². The zero-order valence-electron chi connectivity index (χ0n) is 47.3. The van der Waals surface area contributed by atoms with Crippen molar-refractivity contribution < 1.29 is 60.2 Å². The number of anilines is 2. The maximum Gasteiger partial charge on any atom is 0.306 e. The smallest absolute Gasteiger partial charge is 0.306 e. The third-order valence-corrected chi connectivity index (χ3v) is 18.5. The number of nitrogens with one attached hydrogen (secondary N) is 4. The number of benzene rings is 3. The Morgan fingerprint density at radius 1 is 0.882 bits per heavy atom. The van der Waals surface area contributed by atoms with E-state index in [9.17, 15) is 41.6 Å². The molecule has 4 aliphatic rings. The number of carboxylic acids is 1. The largest absolute Gasteiger partial charge is 0.481 e. The maximum atomic E-state index is 15.9. The maximum absolute atomic E-state index is 15.9. The Morgan fingerprint density at radius 3 is 2.26 bits per heavy atom. The zero-order chi connectivity index (χ0) is 60.5. The Morgan fingerprint density at radius 2 is 1.60 bits per heavy atom. The Bertz CT molecular complexity index is 3620. The third kappa shape index (κ3) is 13.7. The van der Waals surface area contributed by atoms with Crippen LogP contribution < -0.4 is 20.3 Å². The molecule has 26 heteroatoms. The minimum atomic E-state index is -4.39. The van der Waals surface area contributed by atoms with Crippen LogP contribution in [-0.4, -0.2) is 179 Å². The van der Waals surface area contributed by atoms with Gasteiger partial charge in [0.25, 0.3) is 0 Å². The predicted octanol–water partition coefficient (Wildman–Crippen LogP) is 5.90. The summed E-state index contributed by atoms with van der Waals surface area (Å²) in [7, 11) is -4.39. The van der Waals surface area contributed by atoms with Gasteiger partial charge in [-0.25, -0.2) is 23.1 Å². The number of carboxylic acid groups (broad SMARTS) is 1. The second-order valence-corrected chi connectivity index (χ2v) is 25.5. The molecule has 0 saturated carbocycles. The van der Waals surface area contributed by atoms with Crippen LogP contribution in [0.4, 0.5) is 24.5 Å². The number of amides is 3. The molecule has 85 heavy (non-hydrogen) atoms. The molecule has 3 aromatic carbocycles. The molecule has 1 unspecified atom stereocenters. The molecule has 10 rings (SSSR count). The number of pyridine rings is 1. The van der Waals surface area contributed by atoms with Gasteiger partial charge in [-0.05, 0) is 65.8 Å². The van der Waals surface area contributed by atoms with Crippen molar-refractivity contribution in [1.29, 1.82) is 0 Å². The van der Waals surface area contributed by atoms with E-state index in [2.05, 4.69) is 35.4 Å². The van der Waals surface area contributed by atoms with E-state index in [0.717, 1.165) is 75.6 Å². The number of alkyl halides is 1. The normalized spacial score (nSPS) is 19.4. The van der Waals surface area contributed by atoms with Gasteiger partial charge in [-0.1, -0.05) is 57.2 Å². The molecule has 0 bridgehead atoms. The van der Waals surface area contributed by atoms with Gasteiger partial charge in [0.05, 0.1) is 53.3 Å². The number of carbonyl (C=O) groups excluding carboxylic acids is 5. The highest BCUT2D eigenvalue weighted by Crippen LogP contribution is 2.34. The number of aromatic amines is 1. The van der Waals surface area contributed by atoms with Gasteiger partial charge in [0, 0.05) is 106 Å². The molecule has 0 radical (unpaired) electrons.